The van der Waals surface area contributed by atoms with Crippen molar-refractivity contribution in [1.29, 1.82) is 0 Å². The monoisotopic (exact) mass is 444 g/mol. The third-order valence-corrected chi connectivity index (χ3v) is 4.80. The van der Waals surface area contributed by atoms with Gasteiger partial charge in [0.1, 0.15) is 5.82 Å². The summed E-state index contributed by atoms with van der Waals surface area (Å²) < 4.78 is 3.34. The highest BCUT2D eigenvalue weighted by atomic mass is 16.2. The molecular weight excluding hydrogens is 420 g/mol. The van der Waals surface area contributed by atoms with Gasteiger partial charge in [-0.05, 0) is 45.0 Å². The number of hydrogen-bond donors (Lipinski definition) is 2. The maximum Gasteiger partial charge on any atom is 0.256 e. The van der Waals surface area contributed by atoms with Crippen molar-refractivity contribution in [3.8, 4) is 5.95 Å². The zero-order valence-corrected chi connectivity index (χ0v) is 18.6. The molecule has 0 radical (unpaired) electrons. The van der Waals surface area contributed by atoms with Gasteiger partial charge in [0, 0.05) is 54.1 Å². The van der Waals surface area contributed by atoms with Crippen molar-refractivity contribution in [2.24, 2.45) is 0 Å². The Hall–Kier alpha value is -4.34. The van der Waals surface area contributed by atoms with Crippen molar-refractivity contribution >= 4 is 23.3 Å². The molecule has 10 heteroatoms. The van der Waals surface area contributed by atoms with Gasteiger partial charge in [-0.15, -0.1) is 0 Å². The molecule has 0 aliphatic heterocycles. The summed E-state index contributed by atoms with van der Waals surface area (Å²) in [6, 6.07) is 10.4. The predicted molar refractivity (Wildman–Crippen MR) is 123 cm³/mol. The maximum atomic E-state index is 12.9. The molecule has 168 valence electrons. The lowest BCUT2D eigenvalue weighted by atomic mass is 10.2. The molecule has 33 heavy (non-hydrogen) atoms. The quantitative estimate of drug-likeness (QED) is 0.452. The molecule has 0 bridgehead atoms. The van der Waals surface area contributed by atoms with Crippen LogP contribution in [-0.2, 0) is 11.3 Å². The van der Waals surface area contributed by atoms with Crippen molar-refractivity contribution in [3.63, 3.8) is 0 Å². The summed E-state index contributed by atoms with van der Waals surface area (Å²) in [6.45, 7) is 6.11. The van der Waals surface area contributed by atoms with E-state index < -0.39 is 0 Å². The minimum Gasteiger partial charge on any atom is -0.337 e. The van der Waals surface area contributed by atoms with Gasteiger partial charge in [0.05, 0.1) is 12.0 Å². The van der Waals surface area contributed by atoms with Crippen molar-refractivity contribution < 1.29 is 9.59 Å². The number of aryl methyl sites for hydroxylation is 4. The van der Waals surface area contributed by atoms with E-state index in [1.807, 2.05) is 31.4 Å². The lowest BCUT2D eigenvalue weighted by Gasteiger charge is -2.10. The second kappa shape index (κ2) is 9.43. The summed E-state index contributed by atoms with van der Waals surface area (Å²) in [5.41, 5.74) is 3.26. The summed E-state index contributed by atoms with van der Waals surface area (Å²) in [5.74, 6) is 0.351. The number of carbonyl (C=O) groups excluding carboxylic acids is 2. The molecule has 0 spiro atoms. The first kappa shape index (κ1) is 21.9. The van der Waals surface area contributed by atoms with Gasteiger partial charge < -0.3 is 15.2 Å². The third kappa shape index (κ3) is 5.48. The first-order valence-corrected chi connectivity index (χ1v) is 10.4. The van der Waals surface area contributed by atoms with Crippen LogP contribution in [0.2, 0.25) is 0 Å². The van der Waals surface area contributed by atoms with E-state index in [0.717, 1.165) is 11.4 Å². The number of benzene rings is 1. The Morgan fingerprint density at radius 1 is 0.970 bits per heavy atom. The number of imidazole rings is 1. The molecule has 2 N–H and O–H groups in total. The Morgan fingerprint density at radius 2 is 1.76 bits per heavy atom. The lowest BCUT2D eigenvalue weighted by Crippen LogP contribution is -2.17. The molecule has 0 unspecified atom stereocenters. The Labute approximate surface area is 190 Å². The van der Waals surface area contributed by atoms with Crippen LogP contribution in [0, 0.1) is 20.8 Å². The first-order valence-electron chi connectivity index (χ1n) is 10.4. The molecule has 4 aromatic rings. The van der Waals surface area contributed by atoms with Crippen molar-refractivity contribution in [2.45, 2.75) is 33.7 Å². The minimum absolute atomic E-state index is 0.151. The van der Waals surface area contributed by atoms with E-state index in [1.54, 1.807) is 49.1 Å². The second-order valence-electron chi connectivity index (χ2n) is 7.67. The van der Waals surface area contributed by atoms with E-state index in [9.17, 15) is 9.59 Å². The fraction of sp³-hybridized carbons (Fsp3) is 0.217. The highest BCUT2D eigenvalue weighted by Gasteiger charge is 2.15. The minimum atomic E-state index is -0.338. The average molecular weight is 444 g/mol. The van der Waals surface area contributed by atoms with Gasteiger partial charge in [0.15, 0.2) is 0 Å². The molecule has 0 saturated heterocycles. The van der Waals surface area contributed by atoms with Crippen LogP contribution in [0.1, 0.15) is 33.9 Å². The van der Waals surface area contributed by atoms with Gasteiger partial charge in [0.25, 0.3) is 11.9 Å². The second-order valence-corrected chi connectivity index (χ2v) is 7.67. The van der Waals surface area contributed by atoms with Gasteiger partial charge in [-0.2, -0.15) is 9.78 Å². The van der Waals surface area contributed by atoms with Gasteiger partial charge in [-0.25, -0.2) is 15.0 Å². The largest absolute Gasteiger partial charge is 0.337 e. The van der Waals surface area contributed by atoms with E-state index in [4.69, 9.17) is 0 Å². The molecule has 0 saturated carbocycles. The van der Waals surface area contributed by atoms with Crippen LogP contribution < -0.4 is 10.6 Å². The Kier molecular flexibility index (Phi) is 6.25. The number of anilines is 2. The molecule has 2 amide bonds. The molecule has 0 aliphatic rings. The Bertz CT molecular complexity index is 1270. The summed E-state index contributed by atoms with van der Waals surface area (Å²) in [5, 5.41) is 10.1. The third-order valence-electron chi connectivity index (χ3n) is 4.80. The van der Waals surface area contributed by atoms with Crippen LogP contribution in [0.25, 0.3) is 5.95 Å². The number of nitrogens with zero attached hydrogens (tertiary/aromatic N) is 6. The van der Waals surface area contributed by atoms with E-state index in [2.05, 4.69) is 30.7 Å². The Balaban J connectivity index is 1.47. The molecular formula is C23H24N8O2. The smallest absolute Gasteiger partial charge is 0.256 e. The molecule has 4 rings (SSSR count). The zero-order valence-electron chi connectivity index (χ0n) is 18.6. The fourth-order valence-corrected chi connectivity index (χ4v) is 3.34. The van der Waals surface area contributed by atoms with Crippen LogP contribution in [0.5, 0.6) is 0 Å². The standard InChI is InChI=1S/C23H24N8O2/c1-15-11-16(2)26-23(25-15)31-20(12-17(3)29-31)28-22(33)18-5-4-6-19(13-18)27-21(32)7-9-30-10-8-24-14-30/h4-6,8,10-14H,7,9H2,1-3H3,(H,27,32)(H,28,33). The molecule has 0 atom stereocenters. The van der Waals surface area contributed by atoms with Crippen LogP contribution in [0.4, 0.5) is 11.5 Å². The molecule has 10 nitrogen and oxygen atoms in total. The summed E-state index contributed by atoms with van der Waals surface area (Å²) in [7, 11) is 0. The molecule has 3 heterocycles. The van der Waals surface area contributed by atoms with Crippen molar-refractivity contribution in [1.82, 2.24) is 29.3 Å². The van der Waals surface area contributed by atoms with E-state index in [1.165, 1.54) is 4.68 Å². The Morgan fingerprint density at radius 3 is 2.48 bits per heavy atom. The van der Waals surface area contributed by atoms with E-state index in [-0.39, 0.29) is 11.8 Å². The first-order chi connectivity index (χ1) is 15.9. The number of carbonyl (C=O) groups is 2. The number of aromatic nitrogens is 6. The maximum absolute atomic E-state index is 12.9. The molecule has 0 fully saturated rings. The van der Waals surface area contributed by atoms with Crippen LogP contribution >= 0.6 is 0 Å². The van der Waals surface area contributed by atoms with Crippen LogP contribution in [0.15, 0.2) is 55.1 Å². The van der Waals surface area contributed by atoms with Crippen molar-refractivity contribution in [3.05, 3.63) is 77.8 Å². The van der Waals surface area contributed by atoms with Crippen LogP contribution in [-0.4, -0.2) is 41.1 Å². The van der Waals surface area contributed by atoms with Gasteiger partial charge in [-0.3, -0.25) is 9.59 Å². The lowest BCUT2D eigenvalue weighted by molar-refractivity contribution is -0.116. The molecule has 0 aliphatic carbocycles. The highest BCUT2D eigenvalue weighted by Crippen LogP contribution is 2.18. The number of nitrogens with one attached hydrogen (secondary N) is 2. The molecule has 3 aromatic heterocycles. The van der Waals surface area contributed by atoms with Crippen molar-refractivity contribution in [2.75, 3.05) is 10.6 Å². The summed E-state index contributed by atoms with van der Waals surface area (Å²) in [4.78, 5) is 38.0. The van der Waals surface area contributed by atoms with Gasteiger partial charge in [-0.1, -0.05) is 6.07 Å². The van der Waals surface area contributed by atoms with Crippen LogP contribution in [0.3, 0.4) is 0 Å². The van der Waals surface area contributed by atoms with Gasteiger partial charge >= 0.3 is 0 Å². The number of amides is 2. The topological polar surface area (TPSA) is 120 Å². The number of rotatable bonds is 7. The number of hydrogen-bond acceptors (Lipinski definition) is 6. The SMILES string of the molecule is Cc1cc(C)nc(-n2nc(C)cc2NC(=O)c2cccc(NC(=O)CCn3ccnc3)c2)n1. The average Bonchev–Trinajstić information content (AvgIpc) is 3.41. The van der Waals surface area contributed by atoms with E-state index >= 15 is 0 Å². The summed E-state index contributed by atoms with van der Waals surface area (Å²) in [6.07, 6.45) is 5.42. The van der Waals surface area contributed by atoms with Gasteiger partial charge in [0.2, 0.25) is 5.91 Å². The zero-order chi connectivity index (χ0) is 23.4. The fourth-order valence-electron chi connectivity index (χ4n) is 3.34. The predicted octanol–water partition coefficient (Wildman–Crippen LogP) is 3.07. The normalized spacial score (nSPS) is 10.8. The summed E-state index contributed by atoms with van der Waals surface area (Å²) >= 11 is 0. The highest BCUT2D eigenvalue weighted by molar-refractivity contribution is 6.05. The van der Waals surface area contributed by atoms with E-state index in [0.29, 0.717) is 41.7 Å². The molecule has 1 aromatic carbocycles.